The Bertz CT molecular complexity index is 3080. The normalized spacial score (nSPS) is 20.5. The van der Waals surface area contributed by atoms with Gasteiger partial charge in [0, 0.05) is 80.0 Å². The molecule has 7 atom stereocenters. The van der Waals surface area contributed by atoms with Crippen molar-refractivity contribution in [1.82, 2.24) is 52.5 Å². The van der Waals surface area contributed by atoms with Crippen molar-refractivity contribution in [2.75, 3.05) is 19.6 Å². The van der Waals surface area contributed by atoms with Crippen molar-refractivity contribution in [1.29, 1.82) is 0 Å². The van der Waals surface area contributed by atoms with E-state index in [2.05, 4.69) is 62.5 Å². The predicted molar refractivity (Wildman–Crippen MR) is 304 cm³/mol. The number of amides is 9. The maximum Gasteiger partial charge on any atom is 0.243 e. The minimum absolute atomic E-state index is 0.0130. The molecule has 0 aliphatic carbocycles. The van der Waals surface area contributed by atoms with Crippen molar-refractivity contribution in [3.05, 3.63) is 108 Å². The lowest BCUT2D eigenvalue weighted by Crippen LogP contribution is -2.61. The molecule has 0 bridgehead atoms. The molecule has 5 aromatic rings. The number of H-pyrrole nitrogens is 2. The number of nitrogens with one attached hydrogen (secondary N) is 10. The summed E-state index contributed by atoms with van der Waals surface area (Å²) in [4.78, 5) is 141. The van der Waals surface area contributed by atoms with Gasteiger partial charge in [0.15, 0.2) is 11.9 Å². The summed E-state index contributed by atoms with van der Waals surface area (Å²) in [7, 11) is 0. The number of para-hydroxylation sites is 2. The van der Waals surface area contributed by atoms with Gasteiger partial charge in [-0.2, -0.15) is 0 Å². The molecule has 81 heavy (non-hydrogen) atoms. The molecule has 1 fully saturated rings. The molecule has 26 heteroatoms. The average Bonchev–Trinajstić information content (AvgIpc) is 4.26. The summed E-state index contributed by atoms with van der Waals surface area (Å²) < 4.78 is 0. The molecule has 9 amide bonds. The van der Waals surface area contributed by atoms with Gasteiger partial charge in [0.2, 0.25) is 53.2 Å². The summed E-state index contributed by atoms with van der Waals surface area (Å²) >= 11 is 0. The molecule has 1 aliphatic heterocycles. The summed E-state index contributed by atoms with van der Waals surface area (Å²) in [6.45, 7) is 1.38. The van der Waals surface area contributed by atoms with Gasteiger partial charge in [0.05, 0.1) is 6.42 Å². The van der Waals surface area contributed by atoms with Crippen LogP contribution in [0.25, 0.3) is 21.8 Å². The first-order chi connectivity index (χ1) is 38.8. The highest BCUT2D eigenvalue weighted by Crippen LogP contribution is 2.22. The van der Waals surface area contributed by atoms with E-state index in [0.29, 0.717) is 22.1 Å². The zero-order chi connectivity index (χ0) is 58.4. The van der Waals surface area contributed by atoms with Crippen LogP contribution in [0.15, 0.2) is 101 Å². The van der Waals surface area contributed by atoms with Crippen molar-refractivity contribution in [2.24, 2.45) is 38.7 Å². The Balaban J connectivity index is 1.40. The number of guanidine groups is 2. The molecular formula is C55H73N17O9. The minimum Gasteiger partial charge on any atom is -0.370 e. The Morgan fingerprint density at radius 1 is 0.605 bits per heavy atom. The van der Waals surface area contributed by atoms with Gasteiger partial charge >= 0.3 is 0 Å². The maximum atomic E-state index is 15.0. The highest BCUT2D eigenvalue weighted by Gasteiger charge is 2.36. The second-order valence-electron chi connectivity index (χ2n) is 19.8. The lowest BCUT2D eigenvalue weighted by atomic mass is 10.0. The molecular weight excluding hydrogens is 1040 g/mol. The number of aromatic nitrogens is 2. The third-order valence-corrected chi connectivity index (χ3v) is 13.5. The number of nitrogens with two attached hydrogens (primary N) is 5. The number of primary amides is 1. The Kier molecular flexibility index (Phi) is 22.5. The molecule has 0 radical (unpaired) electrons. The highest BCUT2D eigenvalue weighted by molar-refractivity contribution is 5.99. The number of aromatic amines is 2. The number of hydrogen-bond donors (Lipinski definition) is 15. The number of aliphatic imine (C=N–C) groups is 2. The largest absolute Gasteiger partial charge is 0.370 e. The van der Waals surface area contributed by atoms with E-state index in [4.69, 9.17) is 28.7 Å². The molecule has 20 N–H and O–H groups in total. The van der Waals surface area contributed by atoms with Gasteiger partial charge in [-0.25, -0.2) is 0 Å². The second kappa shape index (κ2) is 30.0. The van der Waals surface area contributed by atoms with Crippen LogP contribution in [-0.4, -0.2) is 137 Å². The molecule has 0 saturated carbocycles. The van der Waals surface area contributed by atoms with Gasteiger partial charge < -0.3 is 81.2 Å². The van der Waals surface area contributed by atoms with Crippen LogP contribution < -0.4 is 71.2 Å². The molecule has 432 valence electrons. The third kappa shape index (κ3) is 18.8. The van der Waals surface area contributed by atoms with E-state index in [1.165, 1.54) is 6.92 Å². The van der Waals surface area contributed by atoms with Crippen molar-refractivity contribution in [3.63, 3.8) is 0 Å². The molecule has 3 aromatic carbocycles. The van der Waals surface area contributed by atoms with Crippen molar-refractivity contribution >= 4 is 86.9 Å². The number of rotatable bonds is 18. The predicted octanol–water partition coefficient (Wildman–Crippen LogP) is -1.63. The Hall–Kier alpha value is -9.49. The zero-order valence-electron chi connectivity index (χ0n) is 45.1. The lowest BCUT2D eigenvalue weighted by molar-refractivity contribution is -0.136. The zero-order valence-corrected chi connectivity index (χ0v) is 45.1. The van der Waals surface area contributed by atoms with E-state index in [9.17, 15) is 38.4 Å². The van der Waals surface area contributed by atoms with E-state index in [1.54, 1.807) is 48.8 Å². The fourth-order valence-corrected chi connectivity index (χ4v) is 9.40. The summed E-state index contributed by atoms with van der Waals surface area (Å²) in [6.07, 6.45) is 3.21. The lowest BCUT2D eigenvalue weighted by Gasteiger charge is -2.28. The van der Waals surface area contributed by atoms with E-state index in [0.717, 1.165) is 16.4 Å². The smallest absolute Gasteiger partial charge is 0.243 e. The van der Waals surface area contributed by atoms with E-state index in [-0.39, 0.29) is 95.8 Å². The first kappa shape index (κ1) is 60.7. The van der Waals surface area contributed by atoms with Crippen LogP contribution in [-0.2, 0) is 62.4 Å². The monoisotopic (exact) mass is 1120 g/mol. The fraction of sp³-hybridized carbons (Fsp3) is 0.400. The van der Waals surface area contributed by atoms with Crippen molar-refractivity contribution in [3.8, 4) is 0 Å². The van der Waals surface area contributed by atoms with E-state index >= 15 is 4.79 Å². The van der Waals surface area contributed by atoms with Gasteiger partial charge in [-0.1, -0.05) is 66.7 Å². The molecule has 1 aliphatic rings. The van der Waals surface area contributed by atoms with Crippen LogP contribution in [0.3, 0.4) is 0 Å². The Labute approximate surface area is 467 Å². The quantitative estimate of drug-likeness (QED) is 0.0267. The fourth-order valence-electron chi connectivity index (χ4n) is 9.40. The van der Waals surface area contributed by atoms with E-state index in [1.807, 2.05) is 42.5 Å². The summed E-state index contributed by atoms with van der Waals surface area (Å²) in [5.41, 5.74) is 31.3. The minimum atomic E-state index is -1.65. The van der Waals surface area contributed by atoms with Gasteiger partial charge in [0.1, 0.15) is 42.3 Å². The molecule has 3 heterocycles. The van der Waals surface area contributed by atoms with Crippen molar-refractivity contribution < 1.29 is 43.2 Å². The van der Waals surface area contributed by atoms with Crippen LogP contribution in [0.4, 0.5) is 0 Å². The van der Waals surface area contributed by atoms with Crippen LogP contribution in [0.2, 0.25) is 0 Å². The van der Waals surface area contributed by atoms with Crippen molar-refractivity contribution in [2.45, 2.75) is 120 Å². The molecule has 1 saturated heterocycles. The molecule has 0 spiro atoms. The number of nitrogens with zero attached hydrogens (tertiary/aromatic N) is 2. The van der Waals surface area contributed by atoms with Crippen LogP contribution in [0, 0.1) is 0 Å². The topological polar surface area (TPSA) is 436 Å². The number of carbonyl (C=O) groups is 9. The molecule has 26 nitrogen and oxygen atoms in total. The van der Waals surface area contributed by atoms with Gasteiger partial charge in [-0.15, -0.1) is 0 Å². The number of hydrogen-bond acceptors (Lipinski definition) is 11. The number of fused-ring (bicyclic) bond motifs is 2. The first-order valence-corrected chi connectivity index (χ1v) is 26.7. The second-order valence-corrected chi connectivity index (χ2v) is 19.8. The third-order valence-electron chi connectivity index (χ3n) is 13.5. The number of benzene rings is 3. The highest BCUT2D eigenvalue weighted by atomic mass is 16.2. The SMILES string of the molecule is CC(=O)N[C@@H](CCCN=C(N)N)C(=O)N[C@H]1CC(=O)NCCCC[C@@H](C(N)=O)NC(=O)[C@H](Cc2c[nH]c3ccccc23)NC(=O)[C@H](CCCN=C(N)N)NC(=O)[C@@H](Cc2ccccc2)NC(=O)[C@H](Cc2c[nH]c3ccccc23)NC1=O. The molecule has 6 rings (SSSR count). The maximum absolute atomic E-state index is 15.0. The average molecular weight is 1120 g/mol. The van der Waals surface area contributed by atoms with Crippen LogP contribution >= 0.6 is 0 Å². The number of carbonyl (C=O) groups excluding carboxylic acids is 9. The van der Waals surface area contributed by atoms with Gasteiger partial charge in [0.25, 0.3) is 0 Å². The Morgan fingerprint density at radius 2 is 1.11 bits per heavy atom. The standard InChI is InChI=1S/C55H73N17O9/c1-31(73)66-40(20-11-23-62-54(57)58)48(76)72-45-28-46(74)61-22-10-9-19-39(47(56)75)67-51(79)43(26-33-29-64-37-17-7-5-15-35(33)37)70-49(77)41(21-12-24-63-55(59)60)68-50(78)42(25-32-13-3-2-4-14-32)69-52(80)44(71-53(45)81)27-34-30-65-38-18-8-6-16-36(34)38/h2-8,13-18,29-30,39-45,64-65H,9-12,19-28H2,1H3,(H2,56,75)(H,61,74)(H,66,73)(H,67,79)(H,68,78)(H,69,80)(H,70,77)(H,71,81)(H,72,76)(H4,57,58,62)(H4,59,60,63)/t39-,40-,41-,42+,43-,44-,45-/m0/s1. The van der Waals surface area contributed by atoms with Gasteiger partial charge in [-0.3, -0.25) is 53.1 Å². The first-order valence-electron chi connectivity index (χ1n) is 26.7. The summed E-state index contributed by atoms with van der Waals surface area (Å²) in [6, 6.07) is 13.5. The molecule has 0 unspecified atom stereocenters. The summed E-state index contributed by atoms with van der Waals surface area (Å²) in [5.74, 6) is -7.57. The van der Waals surface area contributed by atoms with Crippen LogP contribution in [0.1, 0.15) is 75.0 Å². The Morgan fingerprint density at radius 3 is 1.68 bits per heavy atom. The van der Waals surface area contributed by atoms with Gasteiger partial charge in [-0.05, 0) is 73.8 Å². The summed E-state index contributed by atoms with van der Waals surface area (Å²) in [5, 5.41) is 23.2. The molecule has 2 aromatic heterocycles. The van der Waals surface area contributed by atoms with Crippen LogP contribution in [0.5, 0.6) is 0 Å². The van der Waals surface area contributed by atoms with E-state index < -0.39 is 102 Å².